The van der Waals surface area contributed by atoms with Gasteiger partial charge in [0.2, 0.25) is 0 Å². The summed E-state index contributed by atoms with van der Waals surface area (Å²) >= 11 is 0. The van der Waals surface area contributed by atoms with Crippen LogP contribution in [0.25, 0.3) is 0 Å². The molecule has 0 atom stereocenters. The molecule has 1 heterocycles. The predicted molar refractivity (Wildman–Crippen MR) is 73.7 cm³/mol. The third-order valence-electron chi connectivity index (χ3n) is 3.89. The Labute approximate surface area is 119 Å². The Morgan fingerprint density at radius 1 is 1.35 bits per heavy atom. The average molecular weight is 280 g/mol. The van der Waals surface area contributed by atoms with Crippen LogP contribution in [0.4, 0.5) is 0 Å². The monoisotopic (exact) mass is 280 g/mol. The van der Waals surface area contributed by atoms with Crippen LogP contribution in [0, 0.1) is 5.92 Å². The largest absolute Gasteiger partial charge is 0.457 e. The summed E-state index contributed by atoms with van der Waals surface area (Å²) in [5, 5.41) is 11.4. The van der Waals surface area contributed by atoms with Gasteiger partial charge in [-0.1, -0.05) is 39.0 Å². The molecule has 0 aliphatic heterocycles. The molecule has 1 aliphatic rings. The van der Waals surface area contributed by atoms with Crippen molar-refractivity contribution in [3.63, 3.8) is 0 Å². The highest BCUT2D eigenvalue weighted by Gasteiger charge is 2.16. The number of rotatable bonds is 7. The molecule has 112 valence electrons. The molecular weight excluding hydrogens is 256 g/mol. The molecule has 0 bridgehead atoms. The number of carbonyl (C=O) groups excluding carboxylic acids is 1. The van der Waals surface area contributed by atoms with Crippen LogP contribution >= 0.6 is 0 Å². The van der Waals surface area contributed by atoms with E-state index in [1.807, 2.05) is 0 Å². The molecule has 6 heteroatoms. The van der Waals surface area contributed by atoms with E-state index >= 15 is 0 Å². The smallest absolute Gasteiger partial charge is 0.306 e. The Hall–Kier alpha value is -1.46. The van der Waals surface area contributed by atoms with Crippen molar-refractivity contribution in [2.45, 2.75) is 71.4 Å². The van der Waals surface area contributed by atoms with Gasteiger partial charge in [-0.05, 0) is 29.2 Å². The Bertz CT molecular complexity index is 413. The first-order chi connectivity index (χ1) is 9.79. The highest BCUT2D eigenvalue weighted by atomic mass is 16.5. The molecule has 0 radical (unpaired) electrons. The van der Waals surface area contributed by atoms with E-state index in [0.717, 1.165) is 19.4 Å². The second kappa shape index (κ2) is 7.97. The van der Waals surface area contributed by atoms with Crippen molar-refractivity contribution in [3.8, 4) is 0 Å². The molecular formula is C14H24N4O2. The molecule has 0 saturated heterocycles. The fourth-order valence-electron chi connectivity index (χ4n) is 2.73. The van der Waals surface area contributed by atoms with Crippen molar-refractivity contribution in [2.75, 3.05) is 0 Å². The minimum atomic E-state index is -0.137. The van der Waals surface area contributed by atoms with Crippen molar-refractivity contribution < 1.29 is 9.53 Å². The molecule has 0 aromatic carbocycles. The molecule has 20 heavy (non-hydrogen) atoms. The second-order valence-electron chi connectivity index (χ2n) is 5.52. The lowest BCUT2D eigenvalue weighted by atomic mass is 9.86. The van der Waals surface area contributed by atoms with Crippen molar-refractivity contribution in [1.29, 1.82) is 0 Å². The van der Waals surface area contributed by atoms with Gasteiger partial charge in [0.1, 0.15) is 0 Å². The van der Waals surface area contributed by atoms with E-state index in [2.05, 4.69) is 22.4 Å². The number of ether oxygens (including phenoxy) is 1. The lowest BCUT2D eigenvalue weighted by Crippen LogP contribution is -2.13. The van der Waals surface area contributed by atoms with Crippen LogP contribution in [0.2, 0.25) is 0 Å². The second-order valence-corrected chi connectivity index (χ2v) is 5.52. The standard InChI is InChI=1S/C14H24N4O2/c1-2-10-18-13(15-16-17-18)11-20-14(19)9-8-12-6-4-3-5-7-12/h12H,2-11H2,1H3. The SMILES string of the molecule is CCCn1nnnc1COC(=O)CCC1CCCCC1. The van der Waals surface area contributed by atoms with E-state index in [1.54, 1.807) is 4.68 Å². The first-order valence-corrected chi connectivity index (χ1v) is 7.70. The molecule has 0 unspecified atom stereocenters. The normalized spacial score (nSPS) is 16.2. The van der Waals surface area contributed by atoms with E-state index in [1.165, 1.54) is 32.1 Å². The summed E-state index contributed by atoms with van der Waals surface area (Å²) in [6, 6.07) is 0. The molecule has 0 spiro atoms. The van der Waals surface area contributed by atoms with Gasteiger partial charge in [0.15, 0.2) is 12.4 Å². The maximum Gasteiger partial charge on any atom is 0.306 e. The summed E-state index contributed by atoms with van der Waals surface area (Å²) in [5.74, 6) is 1.20. The van der Waals surface area contributed by atoms with Crippen molar-refractivity contribution in [1.82, 2.24) is 20.2 Å². The number of hydrogen-bond acceptors (Lipinski definition) is 5. The number of carbonyl (C=O) groups is 1. The topological polar surface area (TPSA) is 69.9 Å². The number of aromatic nitrogens is 4. The first-order valence-electron chi connectivity index (χ1n) is 7.70. The van der Waals surface area contributed by atoms with Crippen molar-refractivity contribution >= 4 is 5.97 Å². The zero-order chi connectivity index (χ0) is 14.2. The van der Waals surface area contributed by atoms with Gasteiger partial charge in [-0.3, -0.25) is 4.79 Å². The zero-order valence-corrected chi connectivity index (χ0v) is 12.3. The average Bonchev–Trinajstić information content (AvgIpc) is 2.92. The van der Waals surface area contributed by atoms with Crippen LogP contribution in [0.15, 0.2) is 0 Å². The molecule has 2 rings (SSSR count). The number of hydrogen-bond donors (Lipinski definition) is 0. The maximum absolute atomic E-state index is 11.7. The van der Waals surface area contributed by atoms with Gasteiger partial charge in [0.25, 0.3) is 0 Å². The van der Waals surface area contributed by atoms with Gasteiger partial charge in [-0.25, -0.2) is 4.68 Å². The molecule has 0 N–H and O–H groups in total. The molecule has 1 aromatic heterocycles. The molecule has 6 nitrogen and oxygen atoms in total. The van der Waals surface area contributed by atoms with Gasteiger partial charge in [-0.15, -0.1) is 5.10 Å². The summed E-state index contributed by atoms with van der Waals surface area (Å²) in [5.41, 5.74) is 0. The fourth-order valence-corrected chi connectivity index (χ4v) is 2.73. The lowest BCUT2D eigenvalue weighted by molar-refractivity contribution is -0.145. The Morgan fingerprint density at radius 2 is 2.15 bits per heavy atom. The molecule has 1 aromatic rings. The van der Waals surface area contributed by atoms with E-state index < -0.39 is 0 Å². The van der Waals surface area contributed by atoms with Gasteiger partial charge in [-0.2, -0.15) is 0 Å². The fraction of sp³-hybridized carbons (Fsp3) is 0.857. The number of nitrogens with zero attached hydrogens (tertiary/aromatic N) is 4. The number of tetrazole rings is 1. The zero-order valence-electron chi connectivity index (χ0n) is 12.3. The predicted octanol–water partition coefficient (Wildman–Crippen LogP) is 2.49. The van der Waals surface area contributed by atoms with Crippen molar-refractivity contribution in [3.05, 3.63) is 5.82 Å². The van der Waals surface area contributed by atoms with Crippen molar-refractivity contribution in [2.24, 2.45) is 5.92 Å². The third kappa shape index (κ3) is 4.58. The highest BCUT2D eigenvalue weighted by Crippen LogP contribution is 2.27. The summed E-state index contributed by atoms with van der Waals surface area (Å²) < 4.78 is 6.95. The lowest BCUT2D eigenvalue weighted by Gasteiger charge is -2.20. The summed E-state index contributed by atoms with van der Waals surface area (Å²) in [6.45, 7) is 2.99. The van der Waals surface area contributed by atoms with Gasteiger partial charge in [0.05, 0.1) is 0 Å². The maximum atomic E-state index is 11.7. The van der Waals surface area contributed by atoms with E-state index in [9.17, 15) is 4.79 Å². The highest BCUT2D eigenvalue weighted by molar-refractivity contribution is 5.69. The van der Waals surface area contributed by atoms with Gasteiger partial charge >= 0.3 is 5.97 Å². The van der Waals surface area contributed by atoms with E-state index in [0.29, 0.717) is 18.2 Å². The van der Waals surface area contributed by atoms with Gasteiger partial charge in [0, 0.05) is 13.0 Å². The van der Waals surface area contributed by atoms with Crippen LogP contribution in [-0.2, 0) is 22.7 Å². The van der Waals surface area contributed by atoms with Gasteiger partial charge < -0.3 is 4.74 Å². The molecule has 1 fully saturated rings. The van der Waals surface area contributed by atoms with E-state index in [-0.39, 0.29) is 12.6 Å². The van der Waals surface area contributed by atoms with Crippen LogP contribution in [-0.4, -0.2) is 26.2 Å². The Balaban J connectivity index is 1.67. The summed E-state index contributed by atoms with van der Waals surface area (Å²) in [4.78, 5) is 11.7. The van der Waals surface area contributed by atoms with Crippen LogP contribution in [0.1, 0.15) is 64.1 Å². The number of aryl methyl sites for hydroxylation is 1. The van der Waals surface area contributed by atoms with Crippen LogP contribution < -0.4 is 0 Å². The Kier molecular flexibility index (Phi) is 5.95. The van der Waals surface area contributed by atoms with Crippen LogP contribution in [0.3, 0.4) is 0 Å². The van der Waals surface area contributed by atoms with E-state index in [4.69, 9.17) is 4.74 Å². The summed E-state index contributed by atoms with van der Waals surface area (Å²) in [7, 11) is 0. The minimum absolute atomic E-state index is 0.137. The Morgan fingerprint density at radius 3 is 2.90 bits per heavy atom. The molecule has 0 amide bonds. The first kappa shape index (κ1) is 14.9. The minimum Gasteiger partial charge on any atom is -0.457 e. The third-order valence-corrected chi connectivity index (χ3v) is 3.89. The molecule has 1 aliphatic carbocycles. The quantitative estimate of drug-likeness (QED) is 0.718. The van der Waals surface area contributed by atoms with Crippen LogP contribution in [0.5, 0.6) is 0 Å². The summed E-state index contributed by atoms with van der Waals surface area (Å²) in [6.07, 6.45) is 8.93. The molecule has 1 saturated carbocycles. The number of esters is 1.